The van der Waals surface area contributed by atoms with Gasteiger partial charge in [0.25, 0.3) is 0 Å². The van der Waals surface area contributed by atoms with E-state index in [1.807, 2.05) is 6.07 Å². The summed E-state index contributed by atoms with van der Waals surface area (Å²) in [5.41, 5.74) is 8.18. The molecular formula is C18H21IO. The molecule has 0 fully saturated rings. The summed E-state index contributed by atoms with van der Waals surface area (Å²) in [6.07, 6.45) is -0.552. The van der Waals surface area contributed by atoms with Crippen LogP contribution in [-0.4, -0.2) is 5.11 Å². The molecule has 2 heteroatoms. The monoisotopic (exact) mass is 380 g/mol. The SMILES string of the molecule is Cc1ccc([C@H](O)c2ccc(C)c(I)c2C)c(C)c1C. The summed E-state index contributed by atoms with van der Waals surface area (Å²) in [6.45, 7) is 10.5. The van der Waals surface area contributed by atoms with Crippen molar-refractivity contribution in [2.45, 2.75) is 40.7 Å². The maximum atomic E-state index is 10.8. The lowest BCUT2D eigenvalue weighted by molar-refractivity contribution is 0.218. The van der Waals surface area contributed by atoms with Crippen LogP contribution in [0.1, 0.15) is 45.0 Å². The van der Waals surface area contributed by atoms with E-state index in [1.54, 1.807) is 0 Å². The van der Waals surface area contributed by atoms with Gasteiger partial charge >= 0.3 is 0 Å². The van der Waals surface area contributed by atoms with E-state index in [2.05, 4.69) is 75.4 Å². The molecule has 0 saturated carbocycles. The van der Waals surface area contributed by atoms with Gasteiger partial charge in [0.05, 0.1) is 0 Å². The first kappa shape index (κ1) is 15.5. The Hall–Kier alpha value is -0.870. The number of halogens is 1. The van der Waals surface area contributed by atoms with Crippen LogP contribution >= 0.6 is 22.6 Å². The molecule has 0 unspecified atom stereocenters. The maximum absolute atomic E-state index is 10.8. The Morgan fingerprint density at radius 1 is 0.750 bits per heavy atom. The number of aryl methyl sites for hydroxylation is 2. The van der Waals surface area contributed by atoms with Crippen molar-refractivity contribution in [2.75, 3.05) is 0 Å². The lowest BCUT2D eigenvalue weighted by Gasteiger charge is -2.20. The Balaban J connectivity index is 2.55. The summed E-state index contributed by atoms with van der Waals surface area (Å²) in [5.74, 6) is 0. The highest BCUT2D eigenvalue weighted by atomic mass is 127. The molecule has 0 aliphatic carbocycles. The van der Waals surface area contributed by atoms with E-state index in [9.17, 15) is 5.11 Å². The van der Waals surface area contributed by atoms with Crippen LogP contribution in [-0.2, 0) is 0 Å². The van der Waals surface area contributed by atoms with E-state index in [0.717, 1.165) is 11.1 Å². The van der Waals surface area contributed by atoms with Gasteiger partial charge in [0.15, 0.2) is 0 Å². The fourth-order valence-electron chi connectivity index (χ4n) is 2.57. The van der Waals surface area contributed by atoms with Gasteiger partial charge in [-0.25, -0.2) is 0 Å². The summed E-state index contributed by atoms with van der Waals surface area (Å²) in [7, 11) is 0. The summed E-state index contributed by atoms with van der Waals surface area (Å²) < 4.78 is 1.24. The third kappa shape index (κ3) is 2.63. The zero-order valence-corrected chi connectivity index (χ0v) is 14.9. The summed E-state index contributed by atoms with van der Waals surface area (Å²) in [5, 5.41) is 10.8. The van der Waals surface area contributed by atoms with E-state index < -0.39 is 6.10 Å². The fraction of sp³-hybridized carbons (Fsp3) is 0.333. The molecule has 0 bridgehead atoms. The Kier molecular flexibility index (Phi) is 4.55. The molecular weight excluding hydrogens is 359 g/mol. The number of aliphatic hydroxyl groups is 1. The fourth-order valence-corrected chi connectivity index (χ4v) is 3.06. The van der Waals surface area contributed by atoms with Crippen LogP contribution in [0.3, 0.4) is 0 Å². The van der Waals surface area contributed by atoms with Crippen molar-refractivity contribution >= 4 is 22.6 Å². The Labute approximate surface area is 135 Å². The van der Waals surface area contributed by atoms with Crippen LogP contribution in [0.5, 0.6) is 0 Å². The molecule has 0 amide bonds. The predicted octanol–water partition coefficient (Wildman–Crippen LogP) is 4.92. The van der Waals surface area contributed by atoms with Crippen molar-refractivity contribution in [2.24, 2.45) is 0 Å². The topological polar surface area (TPSA) is 20.2 Å². The minimum absolute atomic E-state index is 0.552. The van der Waals surface area contributed by atoms with Gasteiger partial charge < -0.3 is 5.11 Å². The van der Waals surface area contributed by atoms with Crippen molar-refractivity contribution in [1.29, 1.82) is 0 Å². The highest BCUT2D eigenvalue weighted by molar-refractivity contribution is 14.1. The summed E-state index contributed by atoms with van der Waals surface area (Å²) in [6, 6.07) is 8.28. The van der Waals surface area contributed by atoms with Gasteiger partial charge in [0.1, 0.15) is 6.10 Å². The molecule has 0 aromatic heterocycles. The molecule has 2 aromatic rings. The third-order valence-corrected chi connectivity index (χ3v) is 5.97. The Bertz CT molecular complexity index is 601. The second-order valence-corrected chi connectivity index (χ2v) is 6.61. The van der Waals surface area contributed by atoms with Gasteiger partial charge in [-0.1, -0.05) is 24.3 Å². The van der Waals surface area contributed by atoms with Crippen molar-refractivity contribution in [3.8, 4) is 0 Å². The van der Waals surface area contributed by atoms with Crippen molar-refractivity contribution in [3.05, 3.63) is 66.8 Å². The Morgan fingerprint density at radius 2 is 1.25 bits per heavy atom. The molecule has 106 valence electrons. The van der Waals surface area contributed by atoms with Crippen molar-refractivity contribution < 1.29 is 5.11 Å². The van der Waals surface area contributed by atoms with Crippen molar-refractivity contribution in [1.82, 2.24) is 0 Å². The van der Waals surface area contributed by atoms with Crippen LogP contribution in [0.4, 0.5) is 0 Å². The minimum atomic E-state index is -0.552. The molecule has 1 nitrogen and oxygen atoms in total. The number of aliphatic hydroxyl groups excluding tert-OH is 1. The summed E-state index contributed by atoms with van der Waals surface area (Å²) in [4.78, 5) is 0. The second-order valence-electron chi connectivity index (χ2n) is 5.53. The molecule has 0 spiro atoms. The quantitative estimate of drug-likeness (QED) is 0.734. The summed E-state index contributed by atoms with van der Waals surface area (Å²) >= 11 is 2.36. The molecule has 0 aliphatic heterocycles. The van der Waals surface area contributed by atoms with Crippen LogP contribution < -0.4 is 0 Å². The van der Waals surface area contributed by atoms with E-state index in [4.69, 9.17) is 0 Å². The van der Waals surface area contributed by atoms with Crippen LogP contribution in [0.15, 0.2) is 24.3 Å². The predicted molar refractivity (Wildman–Crippen MR) is 93.3 cm³/mol. The zero-order valence-electron chi connectivity index (χ0n) is 12.7. The van der Waals surface area contributed by atoms with E-state index in [-0.39, 0.29) is 0 Å². The highest BCUT2D eigenvalue weighted by Gasteiger charge is 2.18. The number of rotatable bonds is 2. The standard InChI is InChI=1S/C18H21IO/c1-10-6-8-15(13(4)12(10)3)18(20)16-9-7-11(2)17(19)14(16)5/h6-9,18,20H,1-5H3/t18-/m0/s1. The van der Waals surface area contributed by atoms with E-state index >= 15 is 0 Å². The molecule has 0 heterocycles. The molecule has 0 saturated heterocycles. The van der Waals surface area contributed by atoms with Gasteiger partial charge in [0.2, 0.25) is 0 Å². The maximum Gasteiger partial charge on any atom is 0.105 e. The third-order valence-electron chi connectivity index (χ3n) is 4.31. The first-order chi connectivity index (χ1) is 9.34. The molecule has 0 radical (unpaired) electrons. The molecule has 1 N–H and O–H groups in total. The number of hydrogen-bond acceptors (Lipinski definition) is 1. The van der Waals surface area contributed by atoms with Crippen LogP contribution in [0, 0.1) is 38.2 Å². The minimum Gasteiger partial charge on any atom is -0.384 e. The lowest BCUT2D eigenvalue weighted by Crippen LogP contribution is -2.07. The normalized spacial score (nSPS) is 12.6. The van der Waals surface area contributed by atoms with Gasteiger partial charge in [-0.05, 0) is 96.2 Å². The van der Waals surface area contributed by atoms with Crippen molar-refractivity contribution in [3.63, 3.8) is 0 Å². The van der Waals surface area contributed by atoms with Gasteiger partial charge in [0, 0.05) is 3.57 Å². The highest BCUT2D eigenvalue weighted by Crippen LogP contribution is 2.32. The van der Waals surface area contributed by atoms with Gasteiger partial charge in [-0.2, -0.15) is 0 Å². The first-order valence-corrected chi connectivity index (χ1v) is 7.92. The average molecular weight is 380 g/mol. The second kappa shape index (κ2) is 5.86. The van der Waals surface area contributed by atoms with Gasteiger partial charge in [-0.3, -0.25) is 0 Å². The molecule has 2 rings (SSSR count). The van der Waals surface area contributed by atoms with E-state index in [0.29, 0.717) is 0 Å². The lowest BCUT2D eigenvalue weighted by atomic mass is 9.90. The molecule has 20 heavy (non-hydrogen) atoms. The van der Waals surface area contributed by atoms with Crippen LogP contribution in [0.2, 0.25) is 0 Å². The zero-order chi connectivity index (χ0) is 15.0. The van der Waals surface area contributed by atoms with Gasteiger partial charge in [-0.15, -0.1) is 0 Å². The Morgan fingerprint density at radius 3 is 1.85 bits per heavy atom. The van der Waals surface area contributed by atoms with E-state index in [1.165, 1.54) is 31.4 Å². The van der Waals surface area contributed by atoms with Crippen LogP contribution in [0.25, 0.3) is 0 Å². The number of hydrogen-bond donors (Lipinski definition) is 1. The first-order valence-electron chi connectivity index (χ1n) is 6.85. The smallest absolute Gasteiger partial charge is 0.105 e. The number of benzene rings is 2. The molecule has 1 atom stereocenters. The average Bonchev–Trinajstić information content (AvgIpc) is 2.42. The largest absolute Gasteiger partial charge is 0.384 e. The molecule has 2 aromatic carbocycles. The molecule has 0 aliphatic rings.